The van der Waals surface area contributed by atoms with Crippen LogP contribution in [-0.2, 0) is 14.6 Å². The first-order valence-corrected chi connectivity index (χ1v) is 7.69. The Morgan fingerprint density at radius 1 is 1.24 bits per heavy atom. The maximum Gasteiger partial charge on any atom is 0.490 e. The molecule has 0 amide bonds. The Kier molecular flexibility index (Phi) is 5.21. The van der Waals surface area contributed by atoms with E-state index in [0.29, 0.717) is 5.75 Å². The number of benzene rings is 1. The van der Waals surface area contributed by atoms with Gasteiger partial charge in [-0.15, -0.1) is 0 Å². The van der Waals surface area contributed by atoms with Gasteiger partial charge in [-0.05, 0) is 30.0 Å². The van der Waals surface area contributed by atoms with Crippen molar-refractivity contribution in [1.29, 1.82) is 0 Å². The molecule has 1 aromatic carbocycles. The molecule has 118 valence electrons. The number of nitrogen functional groups attached to an aromatic ring is 1. The summed E-state index contributed by atoms with van der Waals surface area (Å²) in [5.41, 5.74) is 7.36. The van der Waals surface area contributed by atoms with E-state index in [1.165, 1.54) is 0 Å². The monoisotopic (exact) mass is 325 g/mol. The van der Waals surface area contributed by atoms with E-state index in [-0.39, 0.29) is 11.7 Å². The van der Waals surface area contributed by atoms with Gasteiger partial charge in [0.05, 0.1) is 11.5 Å². The van der Waals surface area contributed by atoms with Crippen LogP contribution in [0.5, 0.6) is 0 Å². The lowest BCUT2D eigenvalue weighted by Gasteiger charge is -2.07. The quantitative estimate of drug-likeness (QED) is 0.767. The summed E-state index contributed by atoms with van der Waals surface area (Å²) >= 11 is 0. The van der Waals surface area contributed by atoms with Gasteiger partial charge in [0, 0.05) is 5.69 Å². The molecule has 0 spiro atoms. The van der Waals surface area contributed by atoms with Gasteiger partial charge in [-0.2, -0.15) is 13.2 Å². The van der Waals surface area contributed by atoms with Gasteiger partial charge in [0.1, 0.15) is 0 Å². The molecular weight excluding hydrogens is 311 g/mol. The lowest BCUT2D eigenvalue weighted by atomic mass is 9.99. The van der Waals surface area contributed by atoms with Crippen LogP contribution >= 0.6 is 0 Å². The summed E-state index contributed by atoms with van der Waals surface area (Å²) in [7, 11) is -2.78. The third-order valence-electron chi connectivity index (χ3n) is 2.88. The second kappa shape index (κ2) is 6.33. The average molecular weight is 325 g/mol. The van der Waals surface area contributed by atoms with Gasteiger partial charge >= 0.3 is 12.1 Å². The number of hydrogen-bond donors (Lipinski definition) is 2. The topological polar surface area (TPSA) is 97.5 Å². The SMILES string of the molecule is Nc1ccc(C2CCS(=O)(=O)C2)cc1.O=C(O)C(F)(F)F. The third kappa shape index (κ3) is 5.62. The molecule has 2 rings (SSSR count). The molecular formula is C12H14F3NO4S. The molecule has 0 bridgehead atoms. The van der Waals surface area contributed by atoms with Crippen molar-refractivity contribution in [3.8, 4) is 0 Å². The number of halogens is 3. The van der Waals surface area contributed by atoms with Crippen LogP contribution in [0.1, 0.15) is 17.9 Å². The Hall–Kier alpha value is -1.77. The fraction of sp³-hybridized carbons (Fsp3) is 0.417. The van der Waals surface area contributed by atoms with E-state index in [9.17, 15) is 21.6 Å². The molecule has 0 radical (unpaired) electrons. The molecule has 5 nitrogen and oxygen atoms in total. The standard InChI is InChI=1S/C10H13NO2S.C2HF3O2/c11-10-3-1-8(2-4-10)9-5-6-14(12,13)7-9;3-2(4,5)1(6)7/h1-4,9H,5-7,11H2;(H,6,7). The summed E-state index contributed by atoms with van der Waals surface area (Å²) in [6.07, 6.45) is -4.34. The van der Waals surface area contributed by atoms with E-state index < -0.39 is 22.0 Å². The highest BCUT2D eigenvalue weighted by Gasteiger charge is 2.38. The van der Waals surface area contributed by atoms with E-state index in [2.05, 4.69) is 0 Å². The van der Waals surface area contributed by atoms with Gasteiger partial charge in [0.25, 0.3) is 0 Å². The molecule has 1 aromatic rings. The number of hydrogen-bond acceptors (Lipinski definition) is 4. The summed E-state index contributed by atoms with van der Waals surface area (Å²) in [6, 6.07) is 7.47. The molecule has 9 heteroatoms. The first-order valence-electron chi connectivity index (χ1n) is 5.87. The molecule has 1 saturated heterocycles. The number of carbonyl (C=O) groups is 1. The van der Waals surface area contributed by atoms with E-state index in [1.807, 2.05) is 24.3 Å². The summed E-state index contributed by atoms with van der Waals surface area (Å²) in [4.78, 5) is 8.90. The average Bonchev–Trinajstić information content (AvgIpc) is 2.70. The number of carboxylic acids is 1. The fourth-order valence-corrected chi connectivity index (χ4v) is 3.61. The molecule has 1 fully saturated rings. The van der Waals surface area contributed by atoms with Crippen LogP contribution in [0.3, 0.4) is 0 Å². The molecule has 1 unspecified atom stereocenters. The van der Waals surface area contributed by atoms with Crippen LogP contribution in [0.25, 0.3) is 0 Å². The number of carboxylic acid groups (broad SMARTS) is 1. The number of rotatable bonds is 1. The summed E-state index contributed by atoms with van der Waals surface area (Å²) in [6.45, 7) is 0. The van der Waals surface area contributed by atoms with Crippen molar-refractivity contribution >= 4 is 21.5 Å². The van der Waals surface area contributed by atoms with Crippen molar-refractivity contribution in [3.63, 3.8) is 0 Å². The van der Waals surface area contributed by atoms with E-state index in [4.69, 9.17) is 15.6 Å². The van der Waals surface area contributed by atoms with Crippen molar-refractivity contribution in [3.05, 3.63) is 29.8 Å². The van der Waals surface area contributed by atoms with Gasteiger partial charge in [-0.3, -0.25) is 0 Å². The lowest BCUT2D eigenvalue weighted by molar-refractivity contribution is -0.192. The highest BCUT2D eigenvalue weighted by molar-refractivity contribution is 7.91. The van der Waals surface area contributed by atoms with Crippen LogP contribution in [-0.4, -0.2) is 37.2 Å². The van der Waals surface area contributed by atoms with Crippen molar-refractivity contribution in [2.24, 2.45) is 0 Å². The maximum absolute atomic E-state index is 11.3. The molecule has 1 aliphatic heterocycles. The largest absolute Gasteiger partial charge is 0.490 e. The lowest BCUT2D eigenvalue weighted by Crippen LogP contribution is -2.21. The zero-order valence-electron chi connectivity index (χ0n) is 10.8. The summed E-state index contributed by atoms with van der Waals surface area (Å²) < 4.78 is 54.2. The molecule has 0 aliphatic carbocycles. The predicted octanol–water partition coefficient (Wildman–Crippen LogP) is 1.80. The summed E-state index contributed by atoms with van der Waals surface area (Å²) in [5, 5.41) is 7.12. The minimum atomic E-state index is -5.08. The van der Waals surface area contributed by atoms with E-state index in [0.717, 1.165) is 17.7 Å². The van der Waals surface area contributed by atoms with Gasteiger partial charge in [0.2, 0.25) is 0 Å². The Labute approximate surface area is 119 Å². The molecule has 21 heavy (non-hydrogen) atoms. The molecule has 0 saturated carbocycles. The first kappa shape index (κ1) is 17.3. The number of sulfone groups is 1. The summed E-state index contributed by atoms with van der Waals surface area (Å²) in [5.74, 6) is -1.98. The molecule has 3 N–H and O–H groups in total. The van der Waals surface area contributed by atoms with Crippen molar-refractivity contribution < 1.29 is 31.5 Å². The van der Waals surface area contributed by atoms with Crippen LogP contribution < -0.4 is 5.73 Å². The Bertz CT molecular complexity index is 596. The zero-order chi connectivity index (χ0) is 16.3. The van der Waals surface area contributed by atoms with E-state index in [1.54, 1.807) is 0 Å². The molecule has 1 atom stereocenters. The number of anilines is 1. The smallest absolute Gasteiger partial charge is 0.475 e. The molecule has 1 heterocycles. The van der Waals surface area contributed by atoms with Gasteiger partial charge in [0.15, 0.2) is 9.84 Å². The van der Waals surface area contributed by atoms with Crippen molar-refractivity contribution in [2.75, 3.05) is 17.2 Å². The molecule has 0 aromatic heterocycles. The zero-order valence-corrected chi connectivity index (χ0v) is 11.6. The second-order valence-corrected chi connectivity index (χ2v) is 6.80. The van der Waals surface area contributed by atoms with Crippen LogP contribution in [0.2, 0.25) is 0 Å². The maximum atomic E-state index is 11.3. The predicted molar refractivity (Wildman–Crippen MR) is 70.6 cm³/mol. The second-order valence-electron chi connectivity index (χ2n) is 4.57. The van der Waals surface area contributed by atoms with Gasteiger partial charge in [-0.25, -0.2) is 13.2 Å². The number of nitrogens with two attached hydrogens (primary N) is 1. The van der Waals surface area contributed by atoms with Gasteiger partial charge < -0.3 is 10.8 Å². The van der Waals surface area contributed by atoms with E-state index >= 15 is 0 Å². The highest BCUT2D eigenvalue weighted by Crippen LogP contribution is 2.28. The minimum Gasteiger partial charge on any atom is -0.475 e. The minimum absolute atomic E-state index is 0.167. The molecule has 1 aliphatic rings. The Balaban J connectivity index is 0.000000270. The Morgan fingerprint density at radius 3 is 2.05 bits per heavy atom. The normalized spacial score (nSPS) is 20.4. The van der Waals surface area contributed by atoms with Crippen molar-refractivity contribution in [2.45, 2.75) is 18.5 Å². The van der Waals surface area contributed by atoms with Crippen LogP contribution in [0.15, 0.2) is 24.3 Å². The first-order chi connectivity index (χ1) is 9.51. The van der Waals surface area contributed by atoms with Crippen molar-refractivity contribution in [1.82, 2.24) is 0 Å². The van der Waals surface area contributed by atoms with Crippen LogP contribution in [0.4, 0.5) is 18.9 Å². The third-order valence-corrected chi connectivity index (χ3v) is 4.65. The van der Waals surface area contributed by atoms with Gasteiger partial charge in [-0.1, -0.05) is 12.1 Å². The number of alkyl halides is 3. The Morgan fingerprint density at radius 2 is 1.71 bits per heavy atom. The highest BCUT2D eigenvalue weighted by atomic mass is 32.2. The number of aliphatic carboxylic acids is 1. The van der Waals surface area contributed by atoms with Crippen LogP contribution in [0, 0.1) is 0 Å². The fourth-order valence-electron chi connectivity index (χ4n) is 1.83.